The van der Waals surface area contributed by atoms with E-state index in [1.54, 1.807) is 0 Å². The quantitative estimate of drug-likeness (QED) is 0.443. The minimum atomic E-state index is -4.74. The Labute approximate surface area is 82.9 Å². The van der Waals surface area contributed by atoms with Gasteiger partial charge in [0.1, 0.15) is 0 Å². The van der Waals surface area contributed by atoms with E-state index in [2.05, 4.69) is 4.84 Å². The second-order valence-electron chi connectivity index (χ2n) is 2.59. The molecule has 84 valence electrons. The fourth-order valence-electron chi connectivity index (χ4n) is 0.989. The third-order valence-electron chi connectivity index (χ3n) is 1.59. The molecule has 1 fully saturated rings. The highest BCUT2D eigenvalue weighted by Crippen LogP contribution is 2.19. The number of imide groups is 1. The van der Waals surface area contributed by atoms with E-state index >= 15 is 0 Å². The van der Waals surface area contributed by atoms with Crippen LogP contribution in [-0.4, -0.2) is 46.4 Å². The predicted molar refractivity (Wildman–Crippen MR) is 40.9 cm³/mol. The molecule has 9 nitrogen and oxygen atoms in total. The Hall–Kier alpha value is -1.68. The number of carbonyl (C=O) groups excluding carboxylic acids is 2. The zero-order valence-corrected chi connectivity index (χ0v) is 7.80. The van der Waals surface area contributed by atoms with Gasteiger partial charge in [-0.15, -0.1) is 0 Å². The Morgan fingerprint density at radius 1 is 1.47 bits per heavy atom. The van der Waals surface area contributed by atoms with Crippen LogP contribution in [0.5, 0.6) is 0 Å². The molecular weight excluding hydrogens is 234 g/mol. The van der Waals surface area contributed by atoms with Gasteiger partial charge in [0.2, 0.25) is 0 Å². The third-order valence-corrected chi connectivity index (χ3v) is 2.68. The van der Waals surface area contributed by atoms with Crippen molar-refractivity contribution in [2.24, 2.45) is 0 Å². The van der Waals surface area contributed by atoms with E-state index < -0.39 is 39.8 Å². The first-order valence-corrected chi connectivity index (χ1v) is 4.98. The molecule has 0 aromatic heterocycles. The Morgan fingerprint density at radius 3 is 2.33 bits per heavy atom. The lowest BCUT2D eigenvalue weighted by molar-refractivity contribution is -0.175. The van der Waals surface area contributed by atoms with E-state index in [9.17, 15) is 22.8 Å². The van der Waals surface area contributed by atoms with Crippen molar-refractivity contribution in [3.8, 4) is 0 Å². The van der Waals surface area contributed by atoms with Crippen molar-refractivity contribution in [3.63, 3.8) is 0 Å². The van der Waals surface area contributed by atoms with E-state index in [0.717, 1.165) is 0 Å². The van der Waals surface area contributed by atoms with Crippen LogP contribution < -0.4 is 0 Å². The van der Waals surface area contributed by atoms with Gasteiger partial charge in [0.15, 0.2) is 5.25 Å². The van der Waals surface area contributed by atoms with E-state index in [0.29, 0.717) is 0 Å². The summed E-state index contributed by atoms with van der Waals surface area (Å²) in [6.45, 7) is 0. The highest BCUT2D eigenvalue weighted by Gasteiger charge is 2.48. The summed E-state index contributed by atoms with van der Waals surface area (Å²) in [5, 5.41) is 5.91. The van der Waals surface area contributed by atoms with Crippen LogP contribution in [0.2, 0.25) is 0 Å². The number of carbonyl (C=O) groups is 3. The SMILES string of the molecule is O=C(O)ON1C(=O)CC(S(=O)(=O)O)C1=O. The molecule has 1 aliphatic rings. The van der Waals surface area contributed by atoms with Crippen LogP contribution in [0.15, 0.2) is 0 Å². The molecule has 0 aromatic carbocycles. The minimum absolute atomic E-state index is 0.208. The molecule has 2 N–H and O–H groups in total. The van der Waals surface area contributed by atoms with Gasteiger partial charge in [-0.05, 0) is 0 Å². The molecule has 0 spiro atoms. The lowest BCUT2D eigenvalue weighted by atomic mass is 10.4. The molecule has 1 atom stereocenters. The van der Waals surface area contributed by atoms with Gasteiger partial charge >= 0.3 is 6.16 Å². The van der Waals surface area contributed by atoms with Crippen LogP contribution in [0.25, 0.3) is 0 Å². The van der Waals surface area contributed by atoms with Crippen LogP contribution >= 0.6 is 0 Å². The Morgan fingerprint density at radius 2 is 2.00 bits per heavy atom. The summed E-state index contributed by atoms with van der Waals surface area (Å²) in [7, 11) is -4.74. The van der Waals surface area contributed by atoms with E-state index in [1.165, 1.54) is 0 Å². The molecule has 1 aliphatic heterocycles. The van der Waals surface area contributed by atoms with E-state index in [-0.39, 0.29) is 5.06 Å². The molecule has 1 unspecified atom stereocenters. The summed E-state index contributed by atoms with van der Waals surface area (Å²) in [5.74, 6) is -2.57. The fourth-order valence-corrected chi connectivity index (χ4v) is 1.69. The van der Waals surface area contributed by atoms with Crippen molar-refractivity contribution in [2.75, 3.05) is 0 Å². The maximum absolute atomic E-state index is 11.1. The van der Waals surface area contributed by atoms with Gasteiger partial charge in [0.25, 0.3) is 21.9 Å². The van der Waals surface area contributed by atoms with Crippen LogP contribution in [0, 0.1) is 0 Å². The van der Waals surface area contributed by atoms with Crippen LogP contribution in [-0.2, 0) is 24.5 Å². The molecule has 0 bridgehead atoms. The van der Waals surface area contributed by atoms with Crippen LogP contribution in [0.3, 0.4) is 0 Å². The van der Waals surface area contributed by atoms with Gasteiger partial charge in [-0.2, -0.15) is 8.42 Å². The number of nitrogens with zero attached hydrogens (tertiary/aromatic N) is 1. The number of hydroxylamine groups is 2. The summed E-state index contributed by atoms with van der Waals surface area (Å²) in [6.07, 6.45) is -2.78. The van der Waals surface area contributed by atoms with Gasteiger partial charge in [0, 0.05) is 0 Å². The molecule has 10 heteroatoms. The molecule has 2 amide bonds. The highest BCUT2D eigenvalue weighted by atomic mass is 32.2. The Bertz CT molecular complexity index is 424. The molecule has 1 heterocycles. The maximum atomic E-state index is 11.1. The zero-order valence-electron chi connectivity index (χ0n) is 6.98. The summed E-state index contributed by atoms with van der Waals surface area (Å²) in [5.41, 5.74) is 0. The summed E-state index contributed by atoms with van der Waals surface area (Å²) in [6, 6.07) is 0. The third kappa shape index (κ3) is 2.22. The minimum Gasteiger partial charge on any atom is -0.448 e. The van der Waals surface area contributed by atoms with E-state index in [1.807, 2.05) is 0 Å². The average molecular weight is 239 g/mol. The zero-order chi connectivity index (χ0) is 11.8. The number of rotatable bonds is 2. The van der Waals surface area contributed by atoms with Gasteiger partial charge in [-0.25, -0.2) is 4.79 Å². The fraction of sp³-hybridized carbons (Fsp3) is 0.400. The molecule has 0 radical (unpaired) electrons. The first kappa shape index (κ1) is 11.4. The maximum Gasteiger partial charge on any atom is 0.531 e. The lowest BCUT2D eigenvalue weighted by Gasteiger charge is -2.09. The largest absolute Gasteiger partial charge is 0.531 e. The number of amides is 2. The first-order chi connectivity index (χ1) is 6.73. The molecule has 0 aliphatic carbocycles. The average Bonchev–Trinajstić information content (AvgIpc) is 2.30. The molecule has 1 saturated heterocycles. The summed E-state index contributed by atoms with van der Waals surface area (Å²) >= 11 is 0. The lowest BCUT2D eigenvalue weighted by Crippen LogP contribution is -2.36. The van der Waals surface area contributed by atoms with Crippen molar-refractivity contribution < 1.29 is 37.3 Å². The number of carboxylic acid groups (broad SMARTS) is 1. The van der Waals surface area contributed by atoms with Crippen LogP contribution in [0.4, 0.5) is 4.79 Å². The first-order valence-electron chi connectivity index (χ1n) is 3.47. The second kappa shape index (κ2) is 3.47. The van der Waals surface area contributed by atoms with Crippen LogP contribution in [0.1, 0.15) is 6.42 Å². The molecule has 0 aromatic rings. The monoisotopic (exact) mass is 239 g/mol. The molecule has 0 saturated carbocycles. The summed E-state index contributed by atoms with van der Waals surface area (Å²) in [4.78, 5) is 35.8. The summed E-state index contributed by atoms with van der Waals surface area (Å²) < 4.78 is 29.7. The highest BCUT2D eigenvalue weighted by molar-refractivity contribution is 7.87. The van der Waals surface area contributed by atoms with E-state index in [4.69, 9.17) is 9.66 Å². The van der Waals surface area contributed by atoms with Crippen molar-refractivity contribution in [2.45, 2.75) is 11.7 Å². The van der Waals surface area contributed by atoms with Crippen molar-refractivity contribution in [1.82, 2.24) is 5.06 Å². The van der Waals surface area contributed by atoms with Crippen molar-refractivity contribution >= 4 is 28.1 Å². The van der Waals surface area contributed by atoms with Crippen molar-refractivity contribution in [1.29, 1.82) is 0 Å². The smallest absolute Gasteiger partial charge is 0.448 e. The standard InChI is InChI=1S/C5H5NO8S/c7-3-1-2(15(11,12)13)4(8)6(3)14-5(9)10/h2H,1H2,(H,9,10)(H,11,12,13). The predicted octanol–water partition coefficient (Wildman–Crippen LogP) is -1.39. The topological polar surface area (TPSA) is 138 Å². The number of hydrogen-bond acceptors (Lipinski definition) is 6. The number of hydrogen-bond donors (Lipinski definition) is 2. The normalized spacial score (nSPS) is 21.9. The van der Waals surface area contributed by atoms with Gasteiger partial charge < -0.3 is 5.11 Å². The van der Waals surface area contributed by atoms with Gasteiger partial charge in [-0.3, -0.25) is 19.0 Å². The molecule has 15 heavy (non-hydrogen) atoms. The van der Waals surface area contributed by atoms with Crippen molar-refractivity contribution in [3.05, 3.63) is 0 Å². The Balaban J connectivity index is 2.94. The molecule has 1 rings (SSSR count). The van der Waals surface area contributed by atoms with Gasteiger partial charge in [-0.1, -0.05) is 5.06 Å². The molecular formula is C5H5NO8S. The second-order valence-corrected chi connectivity index (χ2v) is 4.19. The Kier molecular flexibility index (Phi) is 2.64. The van der Waals surface area contributed by atoms with Gasteiger partial charge in [0.05, 0.1) is 6.42 Å².